The Kier molecular flexibility index (Phi) is 4.04. The van der Waals surface area contributed by atoms with E-state index in [1.807, 2.05) is 0 Å². The van der Waals surface area contributed by atoms with Gasteiger partial charge in [0.15, 0.2) is 0 Å². The summed E-state index contributed by atoms with van der Waals surface area (Å²) in [5.41, 5.74) is 0.351. The van der Waals surface area contributed by atoms with E-state index in [0.29, 0.717) is 16.3 Å². The third-order valence-corrected chi connectivity index (χ3v) is 3.55. The molecule has 0 saturated heterocycles. The van der Waals surface area contributed by atoms with Crippen molar-refractivity contribution in [3.63, 3.8) is 0 Å². The van der Waals surface area contributed by atoms with Crippen molar-refractivity contribution in [2.45, 2.75) is 12.8 Å². The molecular formula is C15H15ClO4. The van der Waals surface area contributed by atoms with Gasteiger partial charge in [0.2, 0.25) is 0 Å². The minimum absolute atomic E-state index is 0.0914. The fraction of sp³-hybridized carbons (Fsp3) is 0.267. The number of halogens is 1. The number of carboxylic acids is 1. The largest absolute Gasteiger partial charge is 0.511 e. The van der Waals surface area contributed by atoms with Crippen LogP contribution in [0.4, 0.5) is 0 Å². The van der Waals surface area contributed by atoms with E-state index in [-0.39, 0.29) is 22.8 Å². The van der Waals surface area contributed by atoms with Crippen LogP contribution in [0.15, 0.2) is 36.1 Å². The van der Waals surface area contributed by atoms with Gasteiger partial charge in [-0.3, -0.25) is 0 Å². The van der Waals surface area contributed by atoms with Crippen LogP contribution in [-0.4, -0.2) is 23.3 Å². The molecule has 0 heterocycles. The Morgan fingerprint density at radius 2 is 2.05 bits per heavy atom. The monoisotopic (exact) mass is 294 g/mol. The maximum Gasteiger partial charge on any atom is 0.339 e. The van der Waals surface area contributed by atoms with E-state index in [0.717, 1.165) is 12.8 Å². The summed E-state index contributed by atoms with van der Waals surface area (Å²) in [6.45, 7) is 3.78. The maximum atomic E-state index is 11.4. The van der Waals surface area contributed by atoms with Crippen LogP contribution < -0.4 is 4.74 Å². The second-order valence-electron chi connectivity index (χ2n) is 4.64. The van der Waals surface area contributed by atoms with Crippen molar-refractivity contribution in [2.24, 2.45) is 5.92 Å². The van der Waals surface area contributed by atoms with Gasteiger partial charge in [0, 0.05) is 11.5 Å². The van der Waals surface area contributed by atoms with Gasteiger partial charge in [-0.05, 0) is 30.5 Å². The number of aliphatic hydroxyl groups is 1. The number of aliphatic hydroxyl groups excluding tert-OH is 1. The fourth-order valence-electron chi connectivity index (χ4n) is 2.05. The van der Waals surface area contributed by atoms with Crippen molar-refractivity contribution in [3.05, 3.63) is 46.7 Å². The Morgan fingerprint density at radius 1 is 1.40 bits per heavy atom. The van der Waals surface area contributed by atoms with Gasteiger partial charge in [-0.25, -0.2) is 4.79 Å². The molecule has 1 fully saturated rings. The summed E-state index contributed by atoms with van der Waals surface area (Å²) in [5.74, 6) is -1.03. The van der Waals surface area contributed by atoms with Crippen molar-refractivity contribution in [1.29, 1.82) is 0 Å². The fourth-order valence-corrected chi connectivity index (χ4v) is 2.33. The average Bonchev–Trinajstić information content (AvgIpc) is 3.21. The minimum Gasteiger partial charge on any atom is -0.511 e. The molecule has 1 aromatic rings. The summed E-state index contributed by atoms with van der Waals surface area (Å²) >= 11 is 6.11. The molecule has 106 valence electrons. The Labute approximate surface area is 121 Å². The Bertz CT molecular complexity index is 600. The highest BCUT2D eigenvalue weighted by atomic mass is 35.5. The van der Waals surface area contributed by atoms with E-state index in [9.17, 15) is 15.0 Å². The number of rotatable bonds is 5. The number of allylic oxidation sites excluding steroid dienone is 1. The summed E-state index contributed by atoms with van der Waals surface area (Å²) in [5, 5.41) is 19.7. The summed E-state index contributed by atoms with van der Waals surface area (Å²) in [6.07, 6.45) is 1.57. The number of aliphatic carboxylic acids is 1. The molecule has 0 spiro atoms. The van der Waals surface area contributed by atoms with Gasteiger partial charge >= 0.3 is 5.97 Å². The van der Waals surface area contributed by atoms with Crippen LogP contribution in [0.1, 0.15) is 18.4 Å². The third kappa shape index (κ3) is 2.65. The summed E-state index contributed by atoms with van der Waals surface area (Å²) in [6, 6.07) is 4.99. The van der Waals surface area contributed by atoms with Crippen LogP contribution in [-0.2, 0) is 4.79 Å². The lowest BCUT2D eigenvalue weighted by atomic mass is 9.96. The number of carbonyl (C=O) groups is 1. The summed E-state index contributed by atoms with van der Waals surface area (Å²) in [7, 11) is 1.47. The molecule has 5 heteroatoms. The molecule has 1 aromatic carbocycles. The number of hydrogen-bond acceptors (Lipinski definition) is 3. The van der Waals surface area contributed by atoms with E-state index in [2.05, 4.69) is 6.58 Å². The van der Waals surface area contributed by atoms with Crippen LogP contribution in [0.25, 0.3) is 5.57 Å². The number of benzene rings is 1. The molecule has 20 heavy (non-hydrogen) atoms. The lowest BCUT2D eigenvalue weighted by Gasteiger charge is -2.14. The molecule has 0 radical (unpaired) electrons. The molecule has 0 aliphatic heterocycles. The first kappa shape index (κ1) is 14.5. The van der Waals surface area contributed by atoms with Crippen LogP contribution in [0.3, 0.4) is 0 Å². The molecule has 1 aliphatic carbocycles. The van der Waals surface area contributed by atoms with E-state index in [1.54, 1.807) is 18.2 Å². The van der Waals surface area contributed by atoms with Gasteiger partial charge < -0.3 is 14.9 Å². The highest BCUT2D eigenvalue weighted by molar-refractivity contribution is 6.33. The van der Waals surface area contributed by atoms with Crippen LogP contribution >= 0.6 is 11.6 Å². The highest BCUT2D eigenvalue weighted by Gasteiger charge is 2.33. The lowest BCUT2D eigenvalue weighted by molar-refractivity contribution is -0.132. The van der Waals surface area contributed by atoms with E-state index < -0.39 is 5.97 Å². The second-order valence-corrected chi connectivity index (χ2v) is 5.04. The molecule has 1 saturated carbocycles. The predicted molar refractivity (Wildman–Crippen MR) is 77.1 cm³/mol. The third-order valence-electron chi connectivity index (χ3n) is 3.23. The number of carboxylic acid groups (broad SMARTS) is 1. The molecule has 0 amide bonds. The standard InChI is InChI=1S/C15H15ClO4/c1-8(12-10(16)4-3-5-11(12)20-2)13(15(18)19)14(17)9-6-7-9/h3-5,9,17H,1,6-7H2,2H3,(H,18,19)/b14-13+. The number of hydrogen-bond donors (Lipinski definition) is 2. The van der Waals surface area contributed by atoms with E-state index in [4.69, 9.17) is 16.3 Å². The van der Waals surface area contributed by atoms with Gasteiger partial charge in [-0.15, -0.1) is 0 Å². The first-order valence-corrected chi connectivity index (χ1v) is 6.53. The highest BCUT2D eigenvalue weighted by Crippen LogP contribution is 2.42. The van der Waals surface area contributed by atoms with Gasteiger partial charge in [0.25, 0.3) is 0 Å². The zero-order valence-electron chi connectivity index (χ0n) is 11.0. The van der Waals surface area contributed by atoms with Gasteiger partial charge in [-0.2, -0.15) is 0 Å². The van der Waals surface area contributed by atoms with E-state index in [1.165, 1.54) is 7.11 Å². The van der Waals surface area contributed by atoms with E-state index >= 15 is 0 Å². The molecule has 0 aromatic heterocycles. The molecule has 2 N–H and O–H groups in total. The van der Waals surface area contributed by atoms with Crippen molar-refractivity contribution in [3.8, 4) is 5.75 Å². The number of ether oxygens (including phenoxy) is 1. The lowest BCUT2D eigenvalue weighted by Crippen LogP contribution is -2.08. The molecule has 2 rings (SSSR count). The molecule has 4 nitrogen and oxygen atoms in total. The maximum absolute atomic E-state index is 11.4. The zero-order chi connectivity index (χ0) is 14.9. The number of methoxy groups -OCH3 is 1. The van der Waals surface area contributed by atoms with Crippen molar-refractivity contribution >= 4 is 23.1 Å². The average molecular weight is 295 g/mol. The van der Waals surface area contributed by atoms with Crippen molar-refractivity contribution in [2.75, 3.05) is 7.11 Å². The summed E-state index contributed by atoms with van der Waals surface area (Å²) in [4.78, 5) is 11.4. The van der Waals surface area contributed by atoms with Gasteiger partial charge in [0.1, 0.15) is 17.1 Å². The molecular weight excluding hydrogens is 280 g/mol. The first-order chi connectivity index (χ1) is 9.47. The molecule has 0 bridgehead atoms. The summed E-state index contributed by atoms with van der Waals surface area (Å²) < 4.78 is 5.19. The van der Waals surface area contributed by atoms with Crippen LogP contribution in [0.5, 0.6) is 5.75 Å². The topological polar surface area (TPSA) is 66.8 Å². The first-order valence-electron chi connectivity index (χ1n) is 6.16. The SMILES string of the molecule is C=C(/C(C(=O)O)=C(\O)C1CC1)c1c(Cl)cccc1OC. The molecule has 0 unspecified atom stereocenters. The van der Waals surface area contributed by atoms with Crippen LogP contribution in [0, 0.1) is 5.92 Å². The zero-order valence-corrected chi connectivity index (χ0v) is 11.8. The minimum atomic E-state index is -1.22. The van der Waals surface area contributed by atoms with Gasteiger partial charge in [0.05, 0.1) is 12.1 Å². The predicted octanol–water partition coefficient (Wildman–Crippen LogP) is 3.67. The smallest absolute Gasteiger partial charge is 0.339 e. The Balaban J connectivity index is 2.54. The van der Waals surface area contributed by atoms with Crippen LogP contribution in [0.2, 0.25) is 5.02 Å². The van der Waals surface area contributed by atoms with Gasteiger partial charge in [-0.1, -0.05) is 24.2 Å². The van der Waals surface area contributed by atoms with Crippen molar-refractivity contribution < 1.29 is 19.7 Å². The quantitative estimate of drug-likeness (QED) is 0.494. The Morgan fingerprint density at radius 3 is 2.55 bits per heavy atom. The molecule has 0 atom stereocenters. The second kappa shape index (κ2) is 5.59. The molecule has 1 aliphatic rings. The normalized spacial score (nSPS) is 15.5. The Hall–Kier alpha value is -1.94. The van der Waals surface area contributed by atoms with Crippen molar-refractivity contribution in [1.82, 2.24) is 0 Å².